The molecule has 0 aliphatic carbocycles. The minimum atomic E-state index is -4.33. The fraction of sp³-hybridized carbons (Fsp3) is 0.200. The van der Waals surface area contributed by atoms with Crippen LogP contribution in [-0.2, 0) is 6.18 Å². The summed E-state index contributed by atoms with van der Waals surface area (Å²) in [6.45, 7) is 0. The van der Waals surface area contributed by atoms with Gasteiger partial charge in [0.15, 0.2) is 6.26 Å². The zero-order valence-corrected chi connectivity index (χ0v) is 4.20. The predicted octanol–water partition coefficient (Wildman–Crippen LogP) is 2.10. The Balaban J connectivity index is 2.90. The summed E-state index contributed by atoms with van der Waals surface area (Å²) in [4.78, 5) is 0. The molecular formula is C5H2F3O. The van der Waals surface area contributed by atoms with E-state index in [0.717, 1.165) is 12.3 Å². The molecular weight excluding hydrogens is 133 g/mol. The van der Waals surface area contributed by atoms with Crippen molar-refractivity contribution in [2.24, 2.45) is 0 Å². The van der Waals surface area contributed by atoms with Crippen LogP contribution < -0.4 is 0 Å². The number of rotatable bonds is 0. The number of halogens is 3. The molecule has 0 saturated heterocycles. The molecule has 0 unspecified atom stereocenters. The van der Waals surface area contributed by atoms with Gasteiger partial charge in [0, 0.05) is 0 Å². The van der Waals surface area contributed by atoms with E-state index in [1.807, 2.05) is 0 Å². The number of alkyl halides is 3. The summed E-state index contributed by atoms with van der Waals surface area (Å²) in [6.07, 6.45) is -1.72. The van der Waals surface area contributed by atoms with Crippen molar-refractivity contribution in [3.05, 3.63) is 24.2 Å². The third-order valence-corrected chi connectivity index (χ3v) is 0.777. The first kappa shape index (κ1) is 6.19. The van der Waals surface area contributed by atoms with E-state index in [4.69, 9.17) is 0 Å². The van der Waals surface area contributed by atoms with Gasteiger partial charge in [-0.3, -0.25) is 0 Å². The average molecular weight is 135 g/mol. The Morgan fingerprint density at radius 1 is 1.44 bits per heavy atom. The van der Waals surface area contributed by atoms with Crippen LogP contribution >= 0.6 is 0 Å². The fourth-order valence-corrected chi connectivity index (χ4v) is 0.386. The van der Waals surface area contributed by atoms with Crippen molar-refractivity contribution < 1.29 is 17.6 Å². The highest BCUT2D eigenvalue weighted by molar-refractivity contribution is 5.07. The predicted molar refractivity (Wildman–Crippen MR) is 22.5 cm³/mol. The van der Waals surface area contributed by atoms with Gasteiger partial charge in [0.25, 0.3) is 0 Å². The van der Waals surface area contributed by atoms with Crippen LogP contribution in [0.25, 0.3) is 0 Å². The van der Waals surface area contributed by atoms with E-state index in [9.17, 15) is 13.2 Å². The maximum absolute atomic E-state index is 11.5. The number of hydrogen-bond acceptors (Lipinski definition) is 1. The minimum Gasteiger partial charge on any atom is -0.460 e. The van der Waals surface area contributed by atoms with Gasteiger partial charge in [-0.1, -0.05) is 0 Å². The molecule has 0 aliphatic heterocycles. The van der Waals surface area contributed by atoms with Crippen molar-refractivity contribution in [2.45, 2.75) is 6.18 Å². The van der Waals surface area contributed by atoms with E-state index in [1.165, 1.54) is 0 Å². The smallest absolute Gasteiger partial charge is 0.420 e. The SMILES string of the molecule is FC(F)(F)c1[c]occ1. The molecule has 0 spiro atoms. The Labute approximate surface area is 49.1 Å². The molecule has 0 amide bonds. The summed E-state index contributed by atoms with van der Waals surface area (Å²) in [5, 5.41) is 0. The van der Waals surface area contributed by atoms with E-state index in [1.54, 1.807) is 6.26 Å². The van der Waals surface area contributed by atoms with Crippen LogP contribution in [-0.4, -0.2) is 0 Å². The number of hydrogen-bond donors (Lipinski definition) is 0. The van der Waals surface area contributed by atoms with Gasteiger partial charge in [-0.05, 0) is 6.07 Å². The molecule has 9 heavy (non-hydrogen) atoms. The van der Waals surface area contributed by atoms with Crippen LogP contribution in [0.2, 0.25) is 0 Å². The Morgan fingerprint density at radius 2 is 2.11 bits per heavy atom. The van der Waals surface area contributed by atoms with Crippen LogP contribution in [0.3, 0.4) is 0 Å². The van der Waals surface area contributed by atoms with E-state index in [0.29, 0.717) is 0 Å². The summed E-state index contributed by atoms with van der Waals surface area (Å²) in [6, 6.07) is 0.819. The second kappa shape index (κ2) is 1.79. The van der Waals surface area contributed by atoms with Gasteiger partial charge >= 0.3 is 6.18 Å². The maximum atomic E-state index is 11.5. The van der Waals surface area contributed by atoms with E-state index in [2.05, 4.69) is 4.42 Å². The lowest BCUT2D eigenvalue weighted by Gasteiger charge is -1.98. The first-order valence-corrected chi connectivity index (χ1v) is 2.13. The first-order chi connectivity index (χ1) is 4.11. The Kier molecular flexibility index (Phi) is 1.23. The molecule has 0 N–H and O–H groups in total. The molecule has 49 valence electrons. The zero-order chi connectivity index (χ0) is 6.91. The van der Waals surface area contributed by atoms with Gasteiger partial charge in [0.05, 0.1) is 6.26 Å². The second-order valence-corrected chi connectivity index (χ2v) is 1.43. The summed E-state index contributed by atoms with van der Waals surface area (Å²) >= 11 is 0. The summed E-state index contributed by atoms with van der Waals surface area (Å²) in [7, 11) is 0. The quantitative estimate of drug-likeness (QED) is 0.530. The van der Waals surface area contributed by atoms with Crippen molar-refractivity contribution in [2.75, 3.05) is 0 Å². The standard InChI is InChI=1S/C5H2F3O/c6-5(7,8)4-1-2-9-3-4/h1-2H. The molecule has 1 aromatic rings. The van der Waals surface area contributed by atoms with Gasteiger partial charge in [0.1, 0.15) is 5.56 Å². The van der Waals surface area contributed by atoms with Crippen LogP contribution in [0.15, 0.2) is 16.7 Å². The van der Waals surface area contributed by atoms with Gasteiger partial charge in [-0.15, -0.1) is 0 Å². The largest absolute Gasteiger partial charge is 0.460 e. The van der Waals surface area contributed by atoms with Gasteiger partial charge in [-0.25, -0.2) is 0 Å². The summed E-state index contributed by atoms with van der Waals surface area (Å²) in [5.41, 5.74) is -0.873. The van der Waals surface area contributed by atoms with E-state index >= 15 is 0 Å². The topological polar surface area (TPSA) is 13.1 Å². The fourth-order valence-electron chi connectivity index (χ4n) is 0.386. The van der Waals surface area contributed by atoms with Crippen LogP contribution in [0.5, 0.6) is 0 Å². The van der Waals surface area contributed by atoms with Crippen molar-refractivity contribution in [1.29, 1.82) is 0 Å². The molecule has 4 heteroatoms. The Hall–Kier alpha value is -0.930. The third-order valence-electron chi connectivity index (χ3n) is 0.777. The molecule has 0 saturated carbocycles. The maximum Gasteiger partial charge on any atom is 0.420 e. The first-order valence-electron chi connectivity index (χ1n) is 2.13. The Morgan fingerprint density at radius 3 is 2.33 bits per heavy atom. The molecule has 1 heterocycles. The lowest BCUT2D eigenvalue weighted by Crippen LogP contribution is -2.01. The highest BCUT2D eigenvalue weighted by Gasteiger charge is 2.31. The molecule has 1 radical (unpaired) electrons. The van der Waals surface area contributed by atoms with Crippen molar-refractivity contribution in [1.82, 2.24) is 0 Å². The molecule has 0 atom stereocenters. The van der Waals surface area contributed by atoms with Crippen LogP contribution in [0.4, 0.5) is 13.2 Å². The van der Waals surface area contributed by atoms with Crippen molar-refractivity contribution >= 4 is 0 Å². The number of furan rings is 1. The molecule has 0 aromatic carbocycles. The molecule has 0 fully saturated rings. The average Bonchev–Trinajstić information content (AvgIpc) is 2.08. The third kappa shape index (κ3) is 1.25. The molecule has 1 nitrogen and oxygen atoms in total. The van der Waals surface area contributed by atoms with Gasteiger partial charge in [-0.2, -0.15) is 13.2 Å². The van der Waals surface area contributed by atoms with E-state index in [-0.39, 0.29) is 0 Å². The molecule has 0 aliphatic rings. The molecule has 0 bridgehead atoms. The highest BCUT2D eigenvalue weighted by Crippen LogP contribution is 2.28. The van der Waals surface area contributed by atoms with Crippen molar-refractivity contribution in [3.8, 4) is 0 Å². The second-order valence-electron chi connectivity index (χ2n) is 1.43. The monoisotopic (exact) mass is 135 g/mol. The summed E-state index contributed by atoms with van der Waals surface area (Å²) < 4.78 is 38.7. The van der Waals surface area contributed by atoms with Crippen molar-refractivity contribution in [3.63, 3.8) is 0 Å². The van der Waals surface area contributed by atoms with Gasteiger partial charge in [0.2, 0.25) is 0 Å². The zero-order valence-electron chi connectivity index (χ0n) is 4.20. The molecule has 1 rings (SSSR count). The highest BCUT2D eigenvalue weighted by atomic mass is 19.4. The normalized spacial score (nSPS) is 11.9. The lowest BCUT2D eigenvalue weighted by molar-refractivity contribution is -0.138. The Bertz CT molecular complexity index is 175. The van der Waals surface area contributed by atoms with Gasteiger partial charge < -0.3 is 4.42 Å². The minimum absolute atomic E-state index is 0.819. The van der Waals surface area contributed by atoms with Crippen LogP contribution in [0, 0.1) is 6.26 Å². The van der Waals surface area contributed by atoms with Crippen LogP contribution in [0.1, 0.15) is 5.56 Å². The van der Waals surface area contributed by atoms with E-state index < -0.39 is 11.7 Å². The lowest BCUT2D eigenvalue weighted by atomic mass is 10.3. The molecule has 1 aromatic heterocycles. The summed E-state index contributed by atoms with van der Waals surface area (Å²) in [5.74, 6) is 0.